The van der Waals surface area contributed by atoms with Gasteiger partial charge in [0.25, 0.3) is 0 Å². The van der Waals surface area contributed by atoms with Crippen molar-refractivity contribution in [1.29, 1.82) is 0 Å². The first-order valence-corrected chi connectivity index (χ1v) is 4.41. The molecule has 1 fully saturated rings. The fourth-order valence-corrected chi connectivity index (χ4v) is 1.12. The average molecular weight is 187 g/mol. The molecule has 2 N–H and O–H groups in total. The van der Waals surface area contributed by atoms with Crippen LogP contribution >= 0.6 is 0 Å². The minimum Gasteiger partial charge on any atom is -0.395 e. The molecule has 0 aromatic rings. The summed E-state index contributed by atoms with van der Waals surface area (Å²) in [6, 6.07) is 0. The number of ether oxygens (including phenoxy) is 1. The average Bonchev–Trinajstić information content (AvgIpc) is 1.80. The van der Waals surface area contributed by atoms with Gasteiger partial charge in [0.2, 0.25) is 5.91 Å². The maximum Gasteiger partial charge on any atom is 0.233 e. The van der Waals surface area contributed by atoms with E-state index in [9.17, 15) is 4.79 Å². The monoisotopic (exact) mass is 187 g/mol. The lowest BCUT2D eigenvalue weighted by atomic mass is 9.85. The number of rotatable bonds is 2. The van der Waals surface area contributed by atoms with Crippen molar-refractivity contribution < 1.29 is 14.6 Å². The van der Waals surface area contributed by atoms with Crippen molar-refractivity contribution >= 4 is 5.91 Å². The summed E-state index contributed by atoms with van der Waals surface area (Å²) in [6.07, 6.45) is 0. The normalized spacial score (nSPS) is 20.6. The number of carbonyl (C=O) groups excluding carboxylic acids is 1. The van der Waals surface area contributed by atoms with Crippen molar-refractivity contribution in [3.05, 3.63) is 0 Å². The molecule has 0 bridgehead atoms. The van der Waals surface area contributed by atoms with Gasteiger partial charge in [-0.1, -0.05) is 0 Å². The summed E-state index contributed by atoms with van der Waals surface area (Å²) < 4.78 is 4.94. The zero-order valence-electron chi connectivity index (χ0n) is 8.39. The Morgan fingerprint density at radius 1 is 1.54 bits per heavy atom. The van der Waals surface area contributed by atoms with Gasteiger partial charge in [-0.15, -0.1) is 0 Å². The highest BCUT2D eigenvalue weighted by molar-refractivity contribution is 5.84. The number of aliphatic hydroxyl groups excluding tert-OH is 1. The second-order valence-corrected chi connectivity index (χ2v) is 4.64. The summed E-state index contributed by atoms with van der Waals surface area (Å²) >= 11 is 0. The van der Waals surface area contributed by atoms with Gasteiger partial charge in [0.15, 0.2) is 0 Å². The van der Waals surface area contributed by atoms with Crippen LogP contribution in [0.5, 0.6) is 0 Å². The Hall–Kier alpha value is -0.610. The van der Waals surface area contributed by atoms with Gasteiger partial charge in [-0.25, -0.2) is 0 Å². The van der Waals surface area contributed by atoms with Gasteiger partial charge in [0, 0.05) is 5.54 Å². The van der Waals surface area contributed by atoms with E-state index in [2.05, 4.69) is 5.32 Å². The third kappa shape index (κ3) is 2.19. The molecule has 0 aromatic carbocycles. The molecule has 1 aliphatic heterocycles. The Kier molecular flexibility index (Phi) is 2.63. The zero-order chi connectivity index (χ0) is 10.1. The molecule has 4 nitrogen and oxygen atoms in total. The molecule has 0 saturated carbocycles. The van der Waals surface area contributed by atoms with E-state index in [1.54, 1.807) is 0 Å². The van der Waals surface area contributed by atoms with E-state index >= 15 is 0 Å². The van der Waals surface area contributed by atoms with Gasteiger partial charge in [0.05, 0.1) is 19.8 Å². The number of amides is 1. The smallest absolute Gasteiger partial charge is 0.233 e. The van der Waals surface area contributed by atoms with Crippen molar-refractivity contribution in [2.75, 3.05) is 19.8 Å². The van der Waals surface area contributed by atoms with Crippen LogP contribution in [-0.2, 0) is 9.53 Å². The van der Waals surface area contributed by atoms with E-state index in [1.165, 1.54) is 0 Å². The molecule has 13 heavy (non-hydrogen) atoms. The van der Waals surface area contributed by atoms with Crippen LogP contribution in [-0.4, -0.2) is 36.4 Å². The number of aliphatic hydroxyl groups is 1. The molecule has 0 atom stereocenters. The van der Waals surface area contributed by atoms with Gasteiger partial charge in [-0.3, -0.25) is 4.79 Å². The largest absolute Gasteiger partial charge is 0.395 e. The van der Waals surface area contributed by atoms with E-state index in [4.69, 9.17) is 9.84 Å². The second kappa shape index (κ2) is 3.27. The predicted octanol–water partition coefficient (Wildman–Crippen LogP) is -0.0900. The highest BCUT2D eigenvalue weighted by Crippen LogP contribution is 2.27. The van der Waals surface area contributed by atoms with Gasteiger partial charge in [-0.05, 0) is 20.8 Å². The predicted molar refractivity (Wildman–Crippen MR) is 48.2 cm³/mol. The van der Waals surface area contributed by atoms with Crippen molar-refractivity contribution in [2.45, 2.75) is 26.3 Å². The Bertz CT molecular complexity index is 198. The van der Waals surface area contributed by atoms with Crippen LogP contribution in [0, 0.1) is 5.41 Å². The quantitative estimate of drug-likeness (QED) is 0.635. The molecule has 76 valence electrons. The van der Waals surface area contributed by atoms with Crippen LogP contribution < -0.4 is 5.32 Å². The van der Waals surface area contributed by atoms with E-state index in [1.807, 2.05) is 20.8 Å². The number of carbonyl (C=O) groups is 1. The third-order valence-corrected chi connectivity index (χ3v) is 2.03. The molecule has 4 heteroatoms. The summed E-state index contributed by atoms with van der Waals surface area (Å²) in [5.74, 6) is -0.117. The fourth-order valence-electron chi connectivity index (χ4n) is 1.12. The highest BCUT2D eigenvalue weighted by Gasteiger charge is 2.46. The van der Waals surface area contributed by atoms with Crippen LogP contribution in [0.4, 0.5) is 0 Å². The lowest BCUT2D eigenvalue weighted by molar-refractivity contribution is -0.171. The molecule has 1 saturated heterocycles. The Morgan fingerprint density at radius 3 is 2.31 bits per heavy atom. The third-order valence-electron chi connectivity index (χ3n) is 2.03. The first-order valence-electron chi connectivity index (χ1n) is 4.41. The second-order valence-electron chi connectivity index (χ2n) is 4.64. The van der Waals surface area contributed by atoms with Crippen molar-refractivity contribution in [2.24, 2.45) is 5.41 Å². The van der Waals surface area contributed by atoms with E-state index in [0.717, 1.165) is 0 Å². The van der Waals surface area contributed by atoms with Gasteiger partial charge in [0.1, 0.15) is 5.41 Å². The summed E-state index contributed by atoms with van der Waals surface area (Å²) in [6.45, 7) is 6.24. The van der Waals surface area contributed by atoms with Crippen LogP contribution in [0.15, 0.2) is 0 Å². The molecular formula is C9H17NO3. The number of hydrogen-bond donors (Lipinski definition) is 2. The van der Waals surface area contributed by atoms with E-state index < -0.39 is 5.41 Å². The fraction of sp³-hybridized carbons (Fsp3) is 0.889. The Morgan fingerprint density at radius 2 is 2.08 bits per heavy atom. The van der Waals surface area contributed by atoms with Gasteiger partial charge in [-0.2, -0.15) is 0 Å². The molecule has 0 spiro atoms. The SMILES string of the molecule is CC(C)(C)NC(=O)C1(CO)COC1. The van der Waals surface area contributed by atoms with Crippen molar-refractivity contribution in [3.8, 4) is 0 Å². The lowest BCUT2D eigenvalue weighted by Crippen LogP contribution is -2.59. The maximum atomic E-state index is 11.6. The van der Waals surface area contributed by atoms with E-state index in [-0.39, 0.29) is 18.1 Å². The molecule has 1 amide bonds. The molecule has 0 aromatic heterocycles. The van der Waals surface area contributed by atoms with Crippen LogP contribution in [0.2, 0.25) is 0 Å². The topological polar surface area (TPSA) is 58.6 Å². The van der Waals surface area contributed by atoms with Gasteiger partial charge >= 0.3 is 0 Å². The van der Waals surface area contributed by atoms with Crippen molar-refractivity contribution in [1.82, 2.24) is 5.32 Å². The standard InChI is InChI=1S/C9H17NO3/c1-8(2,3)10-7(12)9(4-11)5-13-6-9/h11H,4-6H2,1-3H3,(H,10,12). The summed E-state index contributed by atoms with van der Waals surface area (Å²) in [5.41, 5.74) is -0.942. The molecule has 0 aliphatic carbocycles. The zero-order valence-corrected chi connectivity index (χ0v) is 8.39. The molecular weight excluding hydrogens is 170 g/mol. The number of hydrogen-bond acceptors (Lipinski definition) is 3. The Labute approximate surface area is 78.3 Å². The molecule has 0 radical (unpaired) electrons. The minimum absolute atomic E-state index is 0.117. The van der Waals surface area contributed by atoms with Crippen LogP contribution in [0.3, 0.4) is 0 Å². The Balaban J connectivity index is 2.56. The molecule has 0 unspecified atom stereocenters. The summed E-state index contributed by atoms with van der Waals surface area (Å²) in [7, 11) is 0. The maximum absolute atomic E-state index is 11.6. The highest BCUT2D eigenvalue weighted by atomic mass is 16.5. The molecule has 1 aliphatic rings. The van der Waals surface area contributed by atoms with Crippen LogP contribution in [0.25, 0.3) is 0 Å². The number of nitrogens with one attached hydrogen (secondary N) is 1. The summed E-state index contributed by atoms with van der Waals surface area (Å²) in [5, 5.41) is 11.9. The van der Waals surface area contributed by atoms with Crippen molar-refractivity contribution in [3.63, 3.8) is 0 Å². The summed E-state index contributed by atoms with van der Waals surface area (Å²) in [4.78, 5) is 11.6. The van der Waals surface area contributed by atoms with E-state index in [0.29, 0.717) is 13.2 Å². The molecule has 1 rings (SSSR count). The van der Waals surface area contributed by atoms with Crippen LogP contribution in [0.1, 0.15) is 20.8 Å². The van der Waals surface area contributed by atoms with Gasteiger partial charge < -0.3 is 15.2 Å². The lowest BCUT2D eigenvalue weighted by Gasteiger charge is -2.40. The molecule has 1 heterocycles. The minimum atomic E-state index is -0.687. The first kappa shape index (κ1) is 10.5. The first-order chi connectivity index (χ1) is 5.90.